The molecule has 3 aromatic heterocycles. The molecule has 2 amide bonds. The fourth-order valence-corrected chi connectivity index (χ4v) is 5.76. The number of thiophene rings is 1. The van der Waals surface area contributed by atoms with Crippen LogP contribution < -0.4 is 5.32 Å². The summed E-state index contributed by atoms with van der Waals surface area (Å²) < 4.78 is 0. The molecule has 5 rings (SSSR count). The highest BCUT2D eigenvalue weighted by Gasteiger charge is 2.48. The van der Waals surface area contributed by atoms with Crippen molar-refractivity contribution in [1.29, 1.82) is 0 Å². The lowest BCUT2D eigenvalue weighted by Crippen LogP contribution is -2.51. The third-order valence-electron chi connectivity index (χ3n) is 5.41. The number of nitrogens with zero attached hydrogens (tertiary/aromatic N) is 3. The molecule has 1 saturated heterocycles. The molecule has 1 fully saturated rings. The van der Waals surface area contributed by atoms with Gasteiger partial charge >= 0.3 is 0 Å². The van der Waals surface area contributed by atoms with Gasteiger partial charge in [0.1, 0.15) is 15.6 Å². The second kappa shape index (κ2) is 6.49. The van der Waals surface area contributed by atoms with Crippen LogP contribution in [0.5, 0.6) is 0 Å². The summed E-state index contributed by atoms with van der Waals surface area (Å²) in [6.45, 7) is 3.09. The Morgan fingerprint density at radius 1 is 1.29 bits per heavy atom. The van der Waals surface area contributed by atoms with Gasteiger partial charge in [0.15, 0.2) is 0 Å². The van der Waals surface area contributed by atoms with E-state index in [1.54, 1.807) is 17.5 Å². The lowest BCUT2D eigenvalue weighted by Gasteiger charge is -2.38. The predicted octanol–water partition coefficient (Wildman–Crippen LogP) is 3.45. The smallest absolute Gasteiger partial charge is 0.272 e. The van der Waals surface area contributed by atoms with Crippen LogP contribution in [0.4, 0.5) is 0 Å². The first-order valence-electron chi connectivity index (χ1n) is 9.15. The summed E-state index contributed by atoms with van der Waals surface area (Å²) in [6.07, 6.45) is 2.99. The normalized spacial score (nSPS) is 17.6. The summed E-state index contributed by atoms with van der Waals surface area (Å²) in [5.74, 6) is -0.101. The maximum atomic E-state index is 12.8. The Kier molecular flexibility index (Phi) is 4.06. The summed E-state index contributed by atoms with van der Waals surface area (Å²) in [4.78, 5) is 38.0. The van der Waals surface area contributed by atoms with Crippen molar-refractivity contribution in [1.82, 2.24) is 20.2 Å². The van der Waals surface area contributed by atoms with E-state index in [1.165, 1.54) is 11.3 Å². The summed E-state index contributed by atoms with van der Waals surface area (Å²) in [5, 5.41) is 6.07. The highest BCUT2D eigenvalue weighted by Crippen LogP contribution is 2.44. The molecule has 0 unspecified atom stereocenters. The first-order valence-corrected chi connectivity index (χ1v) is 10.8. The zero-order chi connectivity index (χ0) is 19.3. The molecular weight excluding hydrogens is 392 g/mol. The zero-order valence-corrected chi connectivity index (χ0v) is 16.9. The van der Waals surface area contributed by atoms with E-state index < -0.39 is 5.54 Å². The van der Waals surface area contributed by atoms with Gasteiger partial charge in [-0.05, 0) is 48.9 Å². The number of nitrogens with one attached hydrogen (secondary N) is 1. The zero-order valence-electron chi connectivity index (χ0n) is 15.3. The Morgan fingerprint density at radius 2 is 2.11 bits per heavy atom. The van der Waals surface area contributed by atoms with Crippen molar-refractivity contribution in [3.63, 3.8) is 0 Å². The number of hydrogen-bond donors (Lipinski definition) is 1. The van der Waals surface area contributed by atoms with Crippen molar-refractivity contribution in [3.05, 3.63) is 57.7 Å². The van der Waals surface area contributed by atoms with Gasteiger partial charge in [0.2, 0.25) is 0 Å². The van der Waals surface area contributed by atoms with E-state index in [4.69, 9.17) is 4.98 Å². The first-order chi connectivity index (χ1) is 13.6. The molecule has 5 heterocycles. The third kappa shape index (κ3) is 2.75. The maximum absolute atomic E-state index is 12.8. The van der Waals surface area contributed by atoms with Crippen LogP contribution in [-0.4, -0.2) is 39.8 Å². The molecule has 1 spiro atoms. The van der Waals surface area contributed by atoms with E-state index in [9.17, 15) is 9.59 Å². The number of thiazole rings is 1. The number of aromatic nitrogens is 2. The number of carbonyl (C=O) groups is 2. The molecule has 6 nitrogen and oxygen atoms in total. The summed E-state index contributed by atoms with van der Waals surface area (Å²) >= 11 is 3.09. The number of pyridine rings is 1. The molecule has 0 aromatic carbocycles. The van der Waals surface area contributed by atoms with Crippen molar-refractivity contribution in [2.75, 3.05) is 13.1 Å². The maximum Gasteiger partial charge on any atom is 0.272 e. The average Bonchev–Trinajstić information content (AvgIpc) is 3.41. The quantitative estimate of drug-likeness (QED) is 0.702. The Labute approximate surface area is 170 Å². The Hall–Kier alpha value is -2.58. The van der Waals surface area contributed by atoms with Gasteiger partial charge in [-0.15, -0.1) is 22.7 Å². The minimum absolute atomic E-state index is 0.0459. The summed E-state index contributed by atoms with van der Waals surface area (Å²) in [5.41, 5.74) is 1.88. The van der Waals surface area contributed by atoms with Crippen LogP contribution in [0.3, 0.4) is 0 Å². The minimum atomic E-state index is -0.463. The predicted molar refractivity (Wildman–Crippen MR) is 109 cm³/mol. The van der Waals surface area contributed by atoms with E-state index in [1.807, 2.05) is 41.5 Å². The van der Waals surface area contributed by atoms with Crippen LogP contribution in [0.15, 0.2) is 35.8 Å². The van der Waals surface area contributed by atoms with Crippen LogP contribution in [0, 0.1) is 6.92 Å². The number of hydrogen-bond acceptors (Lipinski definition) is 6. The van der Waals surface area contributed by atoms with Crippen molar-refractivity contribution in [3.8, 4) is 9.88 Å². The lowest BCUT2D eigenvalue weighted by molar-refractivity contribution is 0.0626. The second-order valence-corrected chi connectivity index (χ2v) is 9.17. The number of aryl methyl sites for hydroxylation is 1. The molecule has 1 N–H and O–H groups in total. The Balaban J connectivity index is 1.38. The van der Waals surface area contributed by atoms with E-state index in [-0.39, 0.29) is 11.8 Å². The second-order valence-electron chi connectivity index (χ2n) is 7.22. The van der Waals surface area contributed by atoms with Crippen molar-refractivity contribution in [2.45, 2.75) is 25.3 Å². The monoisotopic (exact) mass is 410 g/mol. The number of fused-ring (bicyclic) bond motifs is 2. The van der Waals surface area contributed by atoms with Gasteiger partial charge in [-0.1, -0.05) is 6.07 Å². The number of amides is 2. The first kappa shape index (κ1) is 17.5. The highest BCUT2D eigenvalue weighted by molar-refractivity contribution is 7.22. The van der Waals surface area contributed by atoms with Gasteiger partial charge in [0, 0.05) is 19.3 Å². The fraction of sp³-hybridized carbons (Fsp3) is 0.300. The van der Waals surface area contributed by atoms with Gasteiger partial charge in [-0.25, -0.2) is 4.98 Å². The van der Waals surface area contributed by atoms with Crippen LogP contribution in [0.1, 0.15) is 44.3 Å². The molecule has 0 bridgehead atoms. The van der Waals surface area contributed by atoms with Crippen LogP contribution in [0.2, 0.25) is 0 Å². The van der Waals surface area contributed by atoms with E-state index in [2.05, 4.69) is 10.3 Å². The molecule has 8 heteroatoms. The molecule has 28 heavy (non-hydrogen) atoms. The molecule has 0 aliphatic carbocycles. The number of rotatable bonds is 2. The topological polar surface area (TPSA) is 75.2 Å². The van der Waals surface area contributed by atoms with E-state index >= 15 is 0 Å². The molecule has 2 aliphatic rings. The van der Waals surface area contributed by atoms with Gasteiger partial charge in [-0.2, -0.15) is 0 Å². The molecule has 142 valence electrons. The Bertz CT molecular complexity index is 1070. The van der Waals surface area contributed by atoms with E-state index in [0.29, 0.717) is 36.5 Å². The van der Waals surface area contributed by atoms with Gasteiger partial charge in [0.05, 0.1) is 16.1 Å². The van der Waals surface area contributed by atoms with Crippen LogP contribution in [-0.2, 0) is 5.54 Å². The number of carbonyl (C=O) groups excluding carboxylic acids is 2. The molecule has 0 radical (unpaired) electrons. The minimum Gasteiger partial charge on any atom is -0.340 e. The summed E-state index contributed by atoms with van der Waals surface area (Å²) in [6, 6.07) is 7.71. The average molecular weight is 411 g/mol. The van der Waals surface area contributed by atoms with Gasteiger partial charge in [-0.3, -0.25) is 14.6 Å². The molecule has 2 aliphatic heterocycles. The lowest BCUT2D eigenvalue weighted by atomic mass is 9.86. The molecule has 3 aromatic rings. The molecular formula is C20H18N4O2S2. The van der Waals surface area contributed by atoms with Crippen LogP contribution >= 0.6 is 22.7 Å². The van der Waals surface area contributed by atoms with Crippen molar-refractivity contribution in [2.24, 2.45) is 0 Å². The standard InChI is InChI=1S/C20H18N4O2S2/c1-12-4-7-21-13(11-12)19(26)24-8-5-20(6-9-24)16-15(17(25)23-20)28-18(22-16)14-3-2-10-27-14/h2-4,7,10-11H,5-6,8-9H2,1H3,(H,23,25). The SMILES string of the molecule is Cc1ccnc(C(=O)N2CCC3(CC2)NC(=O)c2sc(-c4cccs4)nc23)c1. The number of likely N-dealkylation sites (tertiary alicyclic amines) is 1. The van der Waals surface area contributed by atoms with Crippen molar-refractivity contribution >= 4 is 34.5 Å². The third-order valence-corrected chi connectivity index (χ3v) is 7.50. The number of piperidine rings is 1. The largest absolute Gasteiger partial charge is 0.340 e. The summed E-state index contributed by atoms with van der Waals surface area (Å²) in [7, 11) is 0. The molecule has 0 saturated carbocycles. The highest BCUT2D eigenvalue weighted by atomic mass is 32.1. The van der Waals surface area contributed by atoms with Crippen LogP contribution in [0.25, 0.3) is 9.88 Å². The van der Waals surface area contributed by atoms with Gasteiger partial charge < -0.3 is 10.2 Å². The van der Waals surface area contributed by atoms with E-state index in [0.717, 1.165) is 21.1 Å². The fourth-order valence-electron chi connectivity index (χ4n) is 3.91. The van der Waals surface area contributed by atoms with Crippen molar-refractivity contribution < 1.29 is 9.59 Å². The Morgan fingerprint density at radius 3 is 2.82 bits per heavy atom. The van der Waals surface area contributed by atoms with Gasteiger partial charge in [0.25, 0.3) is 11.8 Å². The molecule has 0 atom stereocenters.